The minimum atomic E-state index is -0.772. The van der Waals surface area contributed by atoms with Crippen LogP contribution in [0.1, 0.15) is 10.4 Å². The van der Waals surface area contributed by atoms with Crippen molar-refractivity contribution < 1.29 is 23.6 Å². The second kappa shape index (κ2) is 6.03. The number of rotatable bonds is 3. The number of amides is 1. The highest BCUT2D eigenvalue weighted by Gasteiger charge is 2.24. The van der Waals surface area contributed by atoms with Crippen LogP contribution in [0.25, 0.3) is 0 Å². The Hall–Kier alpha value is -3.36. The molecule has 3 rings (SSSR count). The number of fused-ring (bicyclic) bond motifs is 1. The van der Waals surface area contributed by atoms with Crippen molar-refractivity contribution in [1.82, 2.24) is 0 Å². The summed E-state index contributed by atoms with van der Waals surface area (Å²) >= 11 is 0. The molecular weight excluding hydrogens is 321 g/mol. The molecule has 9 heteroatoms. The number of nitro groups is 1. The quantitative estimate of drug-likeness (QED) is 0.506. The van der Waals surface area contributed by atoms with Gasteiger partial charge in [0.25, 0.3) is 11.6 Å². The smallest absolute Gasteiger partial charge is 0.296 e. The molecule has 0 bridgehead atoms. The molecule has 3 N–H and O–H groups in total. The van der Waals surface area contributed by atoms with E-state index in [1.54, 1.807) is 0 Å². The van der Waals surface area contributed by atoms with Crippen LogP contribution in [0.2, 0.25) is 0 Å². The zero-order valence-electron chi connectivity index (χ0n) is 12.2. The van der Waals surface area contributed by atoms with E-state index in [0.29, 0.717) is 0 Å². The zero-order valence-corrected chi connectivity index (χ0v) is 12.2. The van der Waals surface area contributed by atoms with Gasteiger partial charge in [0.15, 0.2) is 11.5 Å². The molecule has 0 saturated carbocycles. The minimum absolute atomic E-state index is 0.0992. The topological polar surface area (TPSA) is 117 Å². The number of nitrogen functional groups attached to an aromatic ring is 1. The Bertz CT molecular complexity index is 840. The number of anilines is 2. The molecule has 0 aromatic heterocycles. The van der Waals surface area contributed by atoms with Crippen LogP contribution in [0, 0.1) is 15.9 Å². The lowest BCUT2D eigenvalue weighted by atomic mass is 10.1. The molecule has 2 aromatic carbocycles. The predicted octanol–water partition coefficient (Wildman–Crippen LogP) is 2.34. The Labute approximate surface area is 135 Å². The van der Waals surface area contributed by atoms with E-state index in [-0.39, 0.29) is 47.3 Å². The number of hydrogen-bond acceptors (Lipinski definition) is 6. The van der Waals surface area contributed by atoms with E-state index in [1.165, 1.54) is 24.3 Å². The van der Waals surface area contributed by atoms with Gasteiger partial charge in [-0.3, -0.25) is 14.9 Å². The zero-order chi connectivity index (χ0) is 17.3. The molecule has 0 spiro atoms. The van der Waals surface area contributed by atoms with E-state index in [0.717, 1.165) is 6.07 Å². The number of ether oxygens (including phenoxy) is 2. The highest BCUT2D eigenvalue weighted by Crippen LogP contribution is 2.39. The SMILES string of the molecule is Nc1c(F)cccc1C(=O)Nc1cc2c(cc1[N+](=O)[O-])OCCO2. The lowest BCUT2D eigenvalue weighted by molar-refractivity contribution is -0.384. The summed E-state index contributed by atoms with van der Waals surface area (Å²) in [5.74, 6) is -1.03. The number of nitrogens with two attached hydrogens (primary N) is 1. The van der Waals surface area contributed by atoms with Crippen LogP contribution >= 0.6 is 0 Å². The van der Waals surface area contributed by atoms with Crippen molar-refractivity contribution in [2.75, 3.05) is 24.3 Å². The third-order valence-corrected chi connectivity index (χ3v) is 3.40. The van der Waals surface area contributed by atoms with E-state index >= 15 is 0 Å². The third-order valence-electron chi connectivity index (χ3n) is 3.40. The van der Waals surface area contributed by atoms with Crippen LogP contribution in [0.15, 0.2) is 30.3 Å². The minimum Gasteiger partial charge on any atom is -0.486 e. The molecule has 0 atom stereocenters. The second-order valence-electron chi connectivity index (χ2n) is 4.93. The van der Waals surface area contributed by atoms with Crippen LogP contribution in [-0.2, 0) is 0 Å². The molecule has 0 unspecified atom stereocenters. The summed E-state index contributed by atoms with van der Waals surface area (Å²) < 4.78 is 24.1. The number of nitro benzene ring substituents is 1. The maximum absolute atomic E-state index is 13.5. The van der Waals surface area contributed by atoms with Crippen LogP contribution in [0.3, 0.4) is 0 Å². The van der Waals surface area contributed by atoms with Crippen molar-refractivity contribution in [2.24, 2.45) is 0 Å². The summed E-state index contributed by atoms with van der Waals surface area (Å²) in [6.45, 7) is 0.560. The van der Waals surface area contributed by atoms with Crippen molar-refractivity contribution in [3.05, 3.63) is 51.8 Å². The molecule has 124 valence electrons. The molecule has 24 heavy (non-hydrogen) atoms. The van der Waals surface area contributed by atoms with Gasteiger partial charge in [-0.2, -0.15) is 0 Å². The normalized spacial score (nSPS) is 12.5. The van der Waals surface area contributed by atoms with Gasteiger partial charge in [-0.1, -0.05) is 6.07 Å². The number of carbonyl (C=O) groups is 1. The Morgan fingerprint density at radius 2 is 1.92 bits per heavy atom. The lowest BCUT2D eigenvalue weighted by Gasteiger charge is -2.19. The summed E-state index contributed by atoms with van der Waals surface area (Å²) in [6.07, 6.45) is 0. The first-order valence-corrected chi connectivity index (χ1v) is 6.90. The number of hydrogen-bond donors (Lipinski definition) is 2. The van der Waals surface area contributed by atoms with E-state index < -0.39 is 16.6 Å². The maximum atomic E-state index is 13.5. The number of para-hydroxylation sites is 1. The Kier molecular flexibility index (Phi) is 3.90. The Balaban J connectivity index is 1.98. The van der Waals surface area contributed by atoms with Crippen molar-refractivity contribution in [1.29, 1.82) is 0 Å². The Morgan fingerprint density at radius 3 is 2.58 bits per heavy atom. The van der Waals surface area contributed by atoms with Gasteiger partial charge in [0, 0.05) is 6.07 Å². The lowest BCUT2D eigenvalue weighted by Crippen LogP contribution is -2.18. The third kappa shape index (κ3) is 2.78. The van der Waals surface area contributed by atoms with Gasteiger partial charge >= 0.3 is 0 Å². The number of carbonyl (C=O) groups excluding carboxylic acids is 1. The highest BCUT2D eigenvalue weighted by atomic mass is 19.1. The number of nitrogens with one attached hydrogen (secondary N) is 1. The molecule has 8 nitrogen and oxygen atoms in total. The largest absolute Gasteiger partial charge is 0.486 e. The van der Waals surface area contributed by atoms with Crippen LogP contribution in [0.5, 0.6) is 11.5 Å². The summed E-state index contributed by atoms with van der Waals surface area (Å²) in [7, 11) is 0. The first kappa shape index (κ1) is 15.5. The molecule has 2 aromatic rings. The van der Waals surface area contributed by atoms with Gasteiger partial charge in [-0.05, 0) is 12.1 Å². The van der Waals surface area contributed by atoms with Crippen molar-refractivity contribution in [2.45, 2.75) is 0 Å². The van der Waals surface area contributed by atoms with Gasteiger partial charge in [-0.25, -0.2) is 4.39 Å². The molecule has 1 aliphatic heterocycles. The highest BCUT2D eigenvalue weighted by molar-refractivity contribution is 6.08. The van der Waals surface area contributed by atoms with Gasteiger partial charge in [-0.15, -0.1) is 0 Å². The van der Waals surface area contributed by atoms with Crippen LogP contribution in [-0.4, -0.2) is 24.0 Å². The fourth-order valence-corrected chi connectivity index (χ4v) is 2.25. The summed E-state index contributed by atoms with van der Waals surface area (Å²) in [5, 5.41) is 13.6. The van der Waals surface area contributed by atoms with Crippen molar-refractivity contribution >= 4 is 23.0 Å². The van der Waals surface area contributed by atoms with E-state index in [4.69, 9.17) is 15.2 Å². The molecule has 0 radical (unpaired) electrons. The predicted molar refractivity (Wildman–Crippen MR) is 82.9 cm³/mol. The van der Waals surface area contributed by atoms with Crippen LogP contribution in [0.4, 0.5) is 21.5 Å². The molecule has 0 fully saturated rings. The summed E-state index contributed by atoms with van der Waals surface area (Å²) in [4.78, 5) is 22.8. The molecule has 0 aliphatic carbocycles. The Morgan fingerprint density at radius 1 is 1.25 bits per heavy atom. The van der Waals surface area contributed by atoms with Crippen molar-refractivity contribution in [3.63, 3.8) is 0 Å². The van der Waals surface area contributed by atoms with E-state index in [2.05, 4.69) is 5.32 Å². The van der Waals surface area contributed by atoms with Gasteiger partial charge < -0.3 is 20.5 Å². The molecule has 1 amide bonds. The summed E-state index contributed by atoms with van der Waals surface area (Å²) in [5.41, 5.74) is 4.60. The average Bonchev–Trinajstić information content (AvgIpc) is 2.56. The monoisotopic (exact) mass is 333 g/mol. The second-order valence-corrected chi connectivity index (χ2v) is 4.93. The molecule has 1 heterocycles. The maximum Gasteiger partial charge on any atom is 0.296 e. The fraction of sp³-hybridized carbons (Fsp3) is 0.133. The number of nitrogens with zero attached hydrogens (tertiary/aromatic N) is 1. The van der Waals surface area contributed by atoms with Crippen LogP contribution < -0.4 is 20.5 Å². The first-order chi connectivity index (χ1) is 11.5. The molecule has 0 saturated heterocycles. The summed E-state index contributed by atoms with van der Waals surface area (Å²) in [6, 6.07) is 6.20. The standard InChI is InChI=1S/C15H12FN3O5/c16-9-3-1-2-8(14(9)17)15(20)18-10-6-12-13(24-5-4-23-12)7-11(10)19(21)22/h1-3,6-7H,4-5,17H2,(H,18,20). The number of benzene rings is 2. The number of halogens is 1. The van der Waals surface area contributed by atoms with Gasteiger partial charge in [0.05, 0.1) is 22.2 Å². The van der Waals surface area contributed by atoms with Gasteiger partial charge in [0.2, 0.25) is 0 Å². The van der Waals surface area contributed by atoms with E-state index in [9.17, 15) is 19.3 Å². The van der Waals surface area contributed by atoms with Crippen molar-refractivity contribution in [3.8, 4) is 11.5 Å². The fourth-order valence-electron chi connectivity index (χ4n) is 2.25. The average molecular weight is 333 g/mol. The molecule has 1 aliphatic rings. The van der Waals surface area contributed by atoms with Gasteiger partial charge in [0.1, 0.15) is 24.7 Å². The molecular formula is C15H12FN3O5. The van der Waals surface area contributed by atoms with E-state index in [1.807, 2.05) is 0 Å². The first-order valence-electron chi connectivity index (χ1n) is 6.90.